The minimum Gasteiger partial charge on any atom is -0.356 e. The van der Waals surface area contributed by atoms with E-state index in [1.165, 1.54) is 0 Å². The summed E-state index contributed by atoms with van der Waals surface area (Å²) < 4.78 is 0. The quantitative estimate of drug-likeness (QED) is 0.816. The van der Waals surface area contributed by atoms with Gasteiger partial charge in [-0.2, -0.15) is 10.4 Å². The molecule has 17 heavy (non-hydrogen) atoms. The lowest BCUT2D eigenvalue weighted by molar-refractivity contribution is 0.812. The van der Waals surface area contributed by atoms with E-state index in [-0.39, 0.29) is 0 Å². The molecule has 92 valence electrons. The van der Waals surface area contributed by atoms with Crippen LogP contribution in [0.15, 0.2) is 0 Å². The Balaban J connectivity index is 3.29. The van der Waals surface area contributed by atoms with Crippen LogP contribution in [0.3, 0.4) is 0 Å². The smallest absolute Gasteiger partial charge is 0.169 e. The summed E-state index contributed by atoms with van der Waals surface area (Å²) in [7, 11) is 1.88. The molecule has 0 aliphatic carbocycles. The summed E-state index contributed by atoms with van der Waals surface area (Å²) in [4.78, 5) is 1.88. The molecule has 1 rings (SSSR count). The standard InChI is InChI=1S/C12H19N5/c1-4-9-10(8-14)12(17(3)7-6-13)16-15-11(9)5-2/h4-7,13H2,1-3H3. The molecule has 1 heterocycles. The van der Waals surface area contributed by atoms with Crippen molar-refractivity contribution in [3.63, 3.8) is 0 Å². The second kappa shape index (κ2) is 6.16. The van der Waals surface area contributed by atoms with Gasteiger partial charge in [0.2, 0.25) is 0 Å². The Hall–Kier alpha value is -1.67. The average Bonchev–Trinajstić information content (AvgIpc) is 2.36. The first-order valence-electron chi connectivity index (χ1n) is 5.89. The Labute approximate surface area is 102 Å². The number of hydrogen-bond acceptors (Lipinski definition) is 5. The summed E-state index contributed by atoms with van der Waals surface area (Å²) in [5.41, 5.74) is 8.06. The maximum absolute atomic E-state index is 9.29. The molecule has 0 aliphatic heterocycles. The molecule has 0 amide bonds. The Morgan fingerprint density at radius 3 is 2.47 bits per heavy atom. The Bertz CT molecular complexity index is 422. The molecule has 0 aromatic carbocycles. The number of aromatic nitrogens is 2. The van der Waals surface area contributed by atoms with E-state index in [1.807, 2.05) is 25.8 Å². The number of hydrogen-bond donors (Lipinski definition) is 1. The zero-order valence-electron chi connectivity index (χ0n) is 10.7. The molecule has 0 atom stereocenters. The minimum atomic E-state index is 0.528. The van der Waals surface area contributed by atoms with Gasteiger partial charge in [-0.25, -0.2) is 0 Å². The summed E-state index contributed by atoms with van der Waals surface area (Å²) in [6.45, 7) is 5.25. The van der Waals surface area contributed by atoms with Crippen LogP contribution < -0.4 is 10.6 Å². The van der Waals surface area contributed by atoms with Crippen molar-refractivity contribution in [2.24, 2.45) is 5.73 Å². The van der Waals surface area contributed by atoms with E-state index in [9.17, 15) is 5.26 Å². The molecule has 2 N–H and O–H groups in total. The van der Waals surface area contributed by atoms with Crippen LogP contribution in [-0.4, -0.2) is 30.3 Å². The van der Waals surface area contributed by atoms with Gasteiger partial charge >= 0.3 is 0 Å². The first-order valence-corrected chi connectivity index (χ1v) is 5.89. The third-order valence-corrected chi connectivity index (χ3v) is 2.77. The van der Waals surface area contributed by atoms with E-state index in [1.54, 1.807) is 0 Å². The van der Waals surface area contributed by atoms with Crippen molar-refractivity contribution in [3.8, 4) is 6.07 Å². The molecule has 0 saturated heterocycles. The molecular formula is C12H19N5. The summed E-state index contributed by atoms with van der Waals surface area (Å²) in [6, 6.07) is 2.24. The fraction of sp³-hybridized carbons (Fsp3) is 0.583. The molecule has 0 radical (unpaired) electrons. The van der Waals surface area contributed by atoms with Gasteiger partial charge in [0.15, 0.2) is 5.82 Å². The highest BCUT2D eigenvalue weighted by Crippen LogP contribution is 2.21. The lowest BCUT2D eigenvalue weighted by atomic mass is 10.0. The third-order valence-electron chi connectivity index (χ3n) is 2.77. The lowest BCUT2D eigenvalue weighted by Gasteiger charge is -2.19. The SMILES string of the molecule is CCc1nnc(N(C)CCN)c(C#N)c1CC. The van der Waals surface area contributed by atoms with E-state index >= 15 is 0 Å². The number of nitrogens with two attached hydrogens (primary N) is 1. The minimum absolute atomic E-state index is 0.528. The second-order valence-electron chi connectivity index (χ2n) is 3.85. The monoisotopic (exact) mass is 233 g/mol. The van der Waals surface area contributed by atoms with Crippen molar-refractivity contribution in [2.45, 2.75) is 26.7 Å². The normalized spacial score (nSPS) is 10.1. The number of anilines is 1. The summed E-state index contributed by atoms with van der Waals surface area (Å²) in [5, 5.41) is 17.6. The topological polar surface area (TPSA) is 78.8 Å². The molecule has 0 unspecified atom stereocenters. The molecule has 5 heteroatoms. The summed E-state index contributed by atoms with van der Waals surface area (Å²) in [5.74, 6) is 0.631. The molecule has 1 aromatic heterocycles. The lowest BCUT2D eigenvalue weighted by Crippen LogP contribution is -2.27. The van der Waals surface area contributed by atoms with Crippen molar-refractivity contribution in [3.05, 3.63) is 16.8 Å². The van der Waals surface area contributed by atoms with Gasteiger partial charge in [-0.15, -0.1) is 5.10 Å². The summed E-state index contributed by atoms with van der Waals surface area (Å²) in [6.07, 6.45) is 1.59. The van der Waals surface area contributed by atoms with E-state index in [0.717, 1.165) is 24.1 Å². The van der Waals surface area contributed by atoms with Gasteiger partial charge in [-0.05, 0) is 18.4 Å². The van der Waals surface area contributed by atoms with E-state index in [4.69, 9.17) is 5.73 Å². The highest BCUT2D eigenvalue weighted by Gasteiger charge is 2.16. The van der Waals surface area contributed by atoms with Gasteiger partial charge in [0, 0.05) is 20.1 Å². The van der Waals surface area contributed by atoms with Crippen molar-refractivity contribution >= 4 is 5.82 Å². The maximum atomic E-state index is 9.29. The van der Waals surface area contributed by atoms with Crippen molar-refractivity contribution in [1.29, 1.82) is 5.26 Å². The summed E-state index contributed by atoms with van der Waals surface area (Å²) >= 11 is 0. The van der Waals surface area contributed by atoms with Crippen LogP contribution in [0.1, 0.15) is 30.7 Å². The zero-order valence-corrected chi connectivity index (χ0v) is 10.7. The first kappa shape index (κ1) is 13.4. The third kappa shape index (κ3) is 2.71. The van der Waals surface area contributed by atoms with Crippen molar-refractivity contribution in [1.82, 2.24) is 10.2 Å². The second-order valence-corrected chi connectivity index (χ2v) is 3.85. The molecule has 0 saturated carbocycles. The zero-order chi connectivity index (χ0) is 12.8. The van der Waals surface area contributed by atoms with Crippen LogP contribution in [0.4, 0.5) is 5.82 Å². The predicted molar refractivity (Wildman–Crippen MR) is 67.8 cm³/mol. The van der Waals surface area contributed by atoms with Gasteiger partial charge in [-0.3, -0.25) is 0 Å². The van der Waals surface area contributed by atoms with Crippen LogP contribution in [0.25, 0.3) is 0 Å². The van der Waals surface area contributed by atoms with Crippen LogP contribution in [0, 0.1) is 11.3 Å². The fourth-order valence-corrected chi connectivity index (χ4v) is 1.85. The van der Waals surface area contributed by atoms with Crippen molar-refractivity contribution < 1.29 is 0 Å². The highest BCUT2D eigenvalue weighted by molar-refractivity contribution is 5.57. The fourth-order valence-electron chi connectivity index (χ4n) is 1.85. The van der Waals surface area contributed by atoms with Crippen LogP contribution >= 0.6 is 0 Å². The largest absolute Gasteiger partial charge is 0.356 e. The van der Waals surface area contributed by atoms with Crippen LogP contribution in [0.5, 0.6) is 0 Å². The van der Waals surface area contributed by atoms with Crippen LogP contribution in [0.2, 0.25) is 0 Å². The number of nitrogens with zero attached hydrogens (tertiary/aromatic N) is 4. The average molecular weight is 233 g/mol. The first-order chi connectivity index (χ1) is 8.19. The van der Waals surface area contributed by atoms with Crippen molar-refractivity contribution in [2.75, 3.05) is 25.0 Å². The molecule has 0 spiro atoms. The highest BCUT2D eigenvalue weighted by atomic mass is 15.3. The molecule has 0 bridgehead atoms. The van der Waals surface area contributed by atoms with Gasteiger partial charge in [-0.1, -0.05) is 13.8 Å². The molecular weight excluding hydrogens is 214 g/mol. The number of likely N-dealkylation sites (N-methyl/N-ethyl adjacent to an activating group) is 1. The van der Waals surface area contributed by atoms with Gasteiger partial charge < -0.3 is 10.6 Å². The van der Waals surface area contributed by atoms with E-state index in [2.05, 4.69) is 16.3 Å². The van der Waals surface area contributed by atoms with E-state index < -0.39 is 0 Å². The van der Waals surface area contributed by atoms with Gasteiger partial charge in [0.25, 0.3) is 0 Å². The van der Waals surface area contributed by atoms with Crippen LogP contribution in [-0.2, 0) is 12.8 Å². The Morgan fingerprint density at radius 2 is 2.00 bits per heavy atom. The number of rotatable bonds is 5. The molecule has 0 aliphatic rings. The number of nitriles is 1. The Kier molecular flexibility index (Phi) is 4.85. The molecule has 5 nitrogen and oxygen atoms in total. The van der Waals surface area contributed by atoms with Gasteiger partial charge in [0.05, 0.1) is 5.69 Å². The predicted octanol–water partition coefficient (Wildman–Crippen LogP) is 0.868. The Morgan fingerprint density at radius 1 is 1.29 bits per heavy atom. The van der Waals surface area contributed by atoms with E-state index in [0.29, 0.717) is 24.5 Å². The number of aryl methyl sites for hydroxylation is 1. The molecule has 1 aromatic rings. The maximum Gasteiger partial charge on any atom is 0.169 e. The molecule has 0 fully saturated rings. The van der Waals surface area contributed by atoms with Gasteiger partial charge in [0.1, 0.15) is 11.6 Å².